The summed E-state index contributed by atoms with van der Waals surface area (Å²) in [7, 11) is 1.23. The van der Waals surface area contributed by atoms with Crippen LogP contribution < -0.4 is 10.1 Å². The summed E-state index contributed by atoms with van der Waals surface area (Å²) in [5.41, 5.74) is 2.28. The first-order valence-electron chi connectivity index (χ1n) is 13.7. The van der Waals surface area contributed by atoms with E-state index in [0.717, 1.165) is 62.6 Å². The molecule has 2 aromatic rings. The summed E-state index contributed by atoms with van der Waals surface area (Å²) in [6.07, 6.45) is 6.55. The van der Waals surface area contributed by atoms with E-state index in [1.165, 1.54) is 12.7 Å². The number of aryl methyl sites for hydroxylation is 2. The van der Waals surface area contributed by atoms with Crippen LogP contribution in [0.15, 0.2) is 18.2 Å². The number of carbonyl (C=O) groups is 1. The average molecular weight is 532 g/mol. The van der Waals surface area contributed by atoms with Gasteiger partial charge in [-0.15, -0.1) is 0 Å². The molecule has 0 radical (unpaired) electrons. The molecule has 1 aromatic carbocycles. The number of halogens is 2. The number of aliphatic carboxylic acids is 1. The molecule has 9 heteroatoms. The van der Waals surface area contributed by atoms with Gasteiger partial charge in [0, 0.05) is 31.9 Å². The molecule has 1 aromatic heterocycles. The van der Waals surface area contributed by atoms with Gasteiger partial charge in [-0.2, -0.15) is 0 Å². The number of pyridine rings is 1. The van der Waals surface area contributed by atoms with Gasteiger partial charge in [0.25, 0.3) is 0 Å². The third kappa shape index (κ3) is 6.43. The second-order valence-corrected chi connectivity index (χ2v) is 10.5. The van der Waals surface area contributed by atoms with E-state index in [1.54, 1.807) is 18.7 Å². The Bertz CT molecular complexity index is 1130. The Balaban J connectivity index is 1.29. The SMILES string of the molecule is COc1c(F)cc(C(C)C)c(F)c1C(C(=O)O)N1CCC(OCCCCCc2ccc3c(n2)NCCC3)C1. The van der Waals surface area contributed by atoms with Crippen LogP contribution >= 0.6 is 0 Å². The highest BCUT2D eigenvalue weighted by atomic mass is 19.1. The van der Waals surface area contributed by atoms with Crippen LogP contribution in [0, 0.1) is 11.6 Å². The number of nitrogens with one attached hydrogen (secondary N) is 1. The van der Waals surface area contributed by atoms with Crippen molar-refractivity contribution in [3.05, 3.63) is 52.2 Å². The van der Waals surface area contributed by atoms with Crippen LogP contribution in [0.2, 0.25) is 0 Å². The van der Waals surface area contributed by atoms with E-state index in [1.807, 2.05) is 0 Å². The molecule has 0 aliphatic carbocycles. The van der Waals surface area contributed by atoms with Gasteiger partial charge in [0.2, 0.25) is 0 Å². The number of hydrogen-bond acceptors (Lipinski definition) is 6. The molecular weight excluding hydrogens is 492 g/mol. The molecule has 208 valence electrons. The third-order valence-corrected chi connectivity index (χ3v) is 7.49. The highest BCUT2D eigenvalue weighted by Crippen LogP contribution is 2.39. The Labute approximate surface area is 223 Å². The Hall–Kier alpha value is -2.78. The Morgan fingerprint density at radius 1 is 1.26 bits per heavy atom. The van der Waals surface area contributed by atoms with E-state index >= 15 is 4.39 Å². The van der Waals surface area contributed by atoms with Crippen molar-refractivity contribution in [1.82, 2.24) is 9.88 Å². The van der Waals surface area contributed by atoms with Crippen LogP contribution in [0.3, 0.4) is 0 Å². The Kier molecular flexibility index (Phi) is 9.54. The molecule has 7 nitrogen and oxygen atoms in total. The third-order valence-electron chi connectivity index (χ3n) is 7.49. The fourth-order valence-electron chi connectivity index (χ4n) is 5.45. The molecule has 0 saturated carbocycles. The van der Waals surface area contributed by atoms with Crippen LogP contribution in [-0.4, -0.2) is 60.4 Å². The van der Waals surface area contributed by atoms with Gasteiger partial charge in [0.15, 0.2) is 11.6 Å². The van der Waals surface area contributed by atoms with Crippen LogP contribution in [0.1, 0.15) is 80.3 Å². The van der Waals surface area contributed by atoms with E-state index in [-0.39, 0.29) is 28.9 Å². The molecule has 2 aliphatic heterocycles. The molecule has 38 heavy (non-hydrogen) atoms. The van der Waals surface area contributed by atoms with Crippen LogP contribution in [-0.2, 0) is 22.4 Å². The lowest BCUT2D eigenvalue weighted by Crippen LogP contribution is -2.35. The highest BCUT2D eigenvalue weighted by Gasteiger charge is 2.39. The van der Waals surface area contributed by atoms with Crippen LogP contribution in [0.4, 0.5) is 14.6 Å². The van der Waals surface area contributed by atoms with E-state index in [9.17, 15) is 14.3 Å². The number of ether oxygens (including phenoxy) is 2. The monoisotopic (exact) mass is 531 g/mol. The molecule has 2 N–H and O–H groups in total. The van der Waals surface area contributed by atoms with E-state index in [0.29, 0.717) is 26.1 Å². The topological polar surface area (TPSA) is 83.9 Å². The quantitative estimate of drug-likeness (QED) is 0.351. The molecule has 0 bridgehead atoms. The van der Waals surface area contributed by atoms with Crippen molar-refractivity contribution in [2.75, 3.05) is 38.7 Å². The molecule has 3 heterocycles. The van der Waals surface area contributed by atoms with Crippen molar-refractivity contribution >= 4 is 11.8 Å². The van der Waals surface area contributed by atoms with Gasteiger partial charge in [0.05, 0.1) is 18.8 Å². The Morgan fingerprint density at radius 2 is 2.08 bits per heavy atom. The van der Waals surface area contributed by atoms with Gasteiger partial charge in [-0.3, -0.25) is 9.69 Å². The second-order valence-electron chi connectivity index (χ2n) is 10.5. The molecule has 0 amide bonds. The number of nitrogens with zero attached hydrogens (tertiary/aromatic N) is 2. The fraction of sp³-hybridized carbons (Fsp3) is 0.586. The lowest BCUT2D eigenvalue weighted by Gasteiger charge is -2.27. The molecule has 2 aliphatic rings. The minimum Gasteiger partial charge on any atom is -0.493 e. The number of hydrogen-bond donors (Lipinski definition) is 2. The number of fused-ring (bicyclic) bond motifs is 1. The molecule has 1 fully saturated rings. The van der Waals surface area contributed by atoms with Crippen molar-refractivity contribution in [2.45, 2.75) is 76.9 Å². The highest BCUT2D eigenvalue weighted by molar-refractivity contribution is 5.77. The zero-order chi connectivity index (χ0) is 27.2. The minimum atomic E-state index is -1.36. The zero-order valence-corrected chi connectivity index (χ0v) is 22.6. The van der Waals surface area contributed by atoms with Gasteiger partial charge in [-0.05, 0) is 67.7 Å². The van der Waals surface area contributed by atoms with Crippen molar-refractivity contribution in [2.24, 2.45) is 0 Å². The second kappa shape index (κ2) is 12.8. The van der Waals surface area contributed by atoms with E-state index in [2.05, 4.69) is 17.4 Å². The van der Waals surface area contributed by atoms with Gasteiger partial charge in [-0.1, -0.05) is 26.3 Å². The first-order chi connectivity index (χ1) is 18.3. The normalized spacial score (nSPS) is 18.3. The molecule has 2 unspecified atom stereocenters. The number of unbranched alkanes of at least 4 members (excludes halogenated alkanes) is 2. The molecule has 4 rings (SSSR count). The summed E-state index contributed by atoms with van der Waals surface area (Å²) < 4.78 is 41.4. The summed E-state index contributed by atoms with van der Waals surface area (Å²) in [6.45, 7) is 5.78. The van der Waals surface area contributed by atoms with Crippen LogP contribution in [0.25, 0.3) is 0 Å². The van der Waals surface area contributed by atoms with Crippen molar-refractivity contribution in [3.8, 4) is 5.75 Å². The number of methoxy groups -OCH3 is 1. The first kappa shape index (κ1) is 28.2. The smallest absolute Gasteiger partial charge is 0.325 e. The maximum atomic E-state index is 15.5. The molecular formula is C29H39F2N3O4. The van der Waals surface area contributed by atoms with E-state index in [4.69, 9.17) is 14.5 Å². The number of carboxylic acids is 1. The molecule has 0 spiro atoms. The largest absolute Gasteiger partial charge is 0.493 e. The van der Waals surface area contributed by atoms with Crippen LogP contribution in [0.5, 0.6) is 5.75 Å². The van der Waals surface area contributed by atoms with Crippen molar-refractivity contribution < 1.29 is 28.2 Å². The maximum absolute atomic E-state index is 15.5. The first-order valence-corrected chi connectivity index (χ1v) is 13.7. The number of rotatable bonds is 12. The Morgan fingerprint density at radius 3 is 2.82 bits per heavy atom. The number of aromatic nitrogens is 1. The van der Waals surface area contributed by atoms with Gasteiger partial charge in [0.1, 0.15) is 17.7 Å². The summed E-state index contributed by atoms with van der Waals surface area (Å²) in [4.78, 5) is 18.7. The number of likely N-dealkylation sites (tertiary alicyclic amines) is 1. The summed E-state index contributed by atoms with van der Waals surface area (Å²) in [5.74, 6) is -2.36. The summed E-state index contributed by atoms with van der Waals surface area (Å²) in [5, 5.41) is 13.4. The van der Waals surface area contributed by atoms with Gasteiger partial charge >= 0.3 is 5.97 Å². The molecule has 2 atom stereocenters. The lowest BCUT2D eigenvalue weighted by molar-refractivity contribution is -0.143. The predicted molar refractivity (Wildman–Crippen MR) is 142 cm³/mol. The summed E-state index contributed by atoms with van der Waals surface area (Å²) in [6, 6.07) is 4.04. The van der Waals surface area contributed by atoms with Crippen molar-refractivity contribution in [1.29, 1.82) is 0 Å². The zero-order valence-electron chi connectivity index (χ0n) is 22.6. The van der Waals surface area contributed by atoms with Crippen molar-refractivity contribution in [3.63, 3.8) is 0 Å². The molecule has 1 saturated heterocycles. The number of carboxylic acid groups (broad SMARTS) is 1. The predicted octanol–water partition coefficient (Wildman–Crippen LogP) is 5.48. The van der Waals surface area contributed by atoms with Gasteiger partial charge in [-0.25, -0.2) is 13.8 Å². The maximum Gasteiger partial charge on any atom is 0.325 e. The number of benzene rings is 1. The fourth-order valence-corrected chi connectivity index (χ4v) is 5.45. The van der Waals surface area contributed by atoms with E-state index < -0.39 is 23.6 Å². The minimum absolute atomic E-state index is 0.137. The average Bonchev–Trinajstić information content (AvgIpc) is 3.35. The van der Waals surface area contributed by atoms with Gasteiger partial charge < -0.3 is 19.9 Å². The standard InChI is InChI=1S/C29H39F2N3O4/c1-18(2)22-16-23(30)27(37-3)24(25(22)31)26(29(35)36)34-14-12-21(17-34)38-15-6-4-5-9-20-11-10-19-8-7-13-32-28(19)33-20/h10-11,16,18,21,26H,4-9,12-15,17H2,1-3H3,(H,32,33)(H,35,36). The summed E-state index contributed by atoms with van der Waals surface area (Å²) >= 11 is 0. The number of anilines is 1. The lowest BCUT2D eigenvalue weighted by atomic mass is 9.94.